The number of hydrogen-bond acceptors (Lipinski definition) is 6. The Morgan fingerprint density at radius 2 is 1.94 bits per heavy atom. The smallest absolute Gasteiger partial charge is 0.292 e. The van der Waals surface area contributed by atoms with Gasteiger partial charge in [0.15, 0.2) is 11.2 Å². The highest BCUT2D eigenvalue weighted by Crippen LogP contribution is 2.38. The maximum Gasteiger partial charge on any atom is 0.292 e. The molecule has 2 N–H and O–H groups in total. The molecule has 5 rings (SSSR count). The van der Waals surface area contributed by atoms with Crippen LogP contribution in [0.3, 0.4) is 0 Å². The van der Waals surface area contributed by atoms with E-state index >= 15 is 0 Å². The summed E-state index contributed by atoms with van der Waals surface area (Å²) >= 11 is 1.44. The normalized spacial score (nSPS) is 17.8. The molecule has 1 aromatic carbocycles. The average Bonchev–Trinajstić information content (AvgIpc) is 3.45. The zero-order chi connectivity index (χ0) is 22.1. The van der Waals surface area contributed by atoms with Gasteiger partial charge in [0.2, 0.25) is 0 Å². The van der Waals surface area contributed by atoms with E-state index in [1.807, 2.05) is 0 Å². The second-order valence-electron chi connectivity index (χ2n) is 8.19. The molecule has 1 aliphatic carbocycles. The molecule has 8 heteroatoms. The summed E-state index contributed by atoms with van der Waals surface area (Å²) in [7, 11) is 0. The molecule has 32 heavy (non-hydrogen) atoms. The number of carbonyl (C=O) groups is 2. The second-order valence-corrected chi connectivity index (χ2v) is 9.29. The van der Waals surface area contributed by atoms with Crippen molar-refractivity contribution in [2.75, 3.05) is 18.5 Å². The molecule has 0 unspecified atom stereocenters. The molecule has 1 atom stereocenters. The molecule has 0 bridgehead atoms. The summed E-state index contributed by atoms with van der Waals surface area (Å²) in [5.74, 6) is -0.819. The first-order valence-corrected chi connectivity index (χ1v) is 11.8. The number of aryl methyl sites for hydroxylation is 1. The number of fused-ring (bicyclic) bond motifs is 2. The van der Waals surface area contributed by atoms with Crippen LogP contribution in [0.2, 0.25) is 0 Å². The number of benzene rings is 1. The standard InChI is InChI=1S/C24H24N2O5S/c27-17-12-19(31-18-9-3-1-7-15(17)18)22(28)26-24-21(16-8-2-4-10-20(16)32-24)23(29)25-13-14-6-5-11-30-14/h1,3,7,9,12,14H,2,4-6,8,10-11,13H2,(H,25,29)(H,26,28)/t14-/m1/s1. The Balaban J connectivity index is 1.42. The fourth-order valence-electron chi connectivity index (χ4n) is 4.37. The fraction of sp³-hybridized carbons (Fsp3) is 0.375. The van der Waals surface area contributed by atoms with Crippen LogP contribution in [0.4, 0.5) is 5.00 Å². The molecule has 2 aliphatic rings. The highest BCUT2D eigenvalue weighted by atomic mass is 32.1. The Labute approximate surface area is 188 Å². The van der Waals surface area contributed by atoms with Gasteiger partial charge in [-0.25, -0.2) is 0 Å². The first-order chi connectivity index (χ1) is 15.6. The summed E-state index contributed by atoms with van der Waals surface area (Å²) in [6.07, 6.45) is 5.78. The van der Waals surface area contributed by atoms with Gasteiger partial charge in [0.1, 0.15) is 10.6 Å². The highest BCUT2D eigenvalue weighted by molar-refractivity contribution is 7.17. The van der Waals surface area contributed by atoms with Gasteiger partial charge in [0, 0.05) is 24.1 Å². The number of ether oxygens (including phenoxy) is 1. The Morgan fingerprint density at radius 3 is 2.78 bits per heavy atom. The van der Waals surface area contributed by atoms with E-state index in [0.717, 1.165) is 55.6 Å². The molecule has 166 valence electrons. The van der Waals surface area contributed by atoms with Gasteiger partial charge >= 0.3 is 0 Å². The summed E-state index contributed by atoms with van der Waals surface area (Å²) in [6.45, 7) is 1.18. The van der Waals surface area contributed by atoms with E-state index < -0.39 is 5.91 Å². The SMILES string of the molecule is O=C(Nc1sc2c(c1C(=O)NC[C@H]1CCCO1)CCCC2)c1cc(=O)c2ccccc2o1. The van der Waals surface area contributed by atoms with Crippen molar-refractivity contribution in [1.82, 2.24) is 5.32 Å². The van der Waals surface area contributed by atoms with Crippen LogP contribution >= 0.6 is 11.3 Å². The molecular formula is C24H24N2O5S. The van der Waals surface area contributed by atoms with Crippen molar-refractivity contribution in [2.24, 2.45) is 0 Å². The van der Waals surface area contributed by atoms with E-state index in [4.69, 9.17) is 9.15 Å². The van der Waals surface area contributed by atoms with Gasteiger partial charge in [-0.15, -0.1) is 11.3 Å². The number of thiophene rings is 1. The van der Waals surface area contributed by atoms with Crippen LogP contribution in [0.15, 0.2) is 39.5 Å². The minimum Gasteiger partial charge on any atom is -0.451 e. The molecular weight excluding hydrogens is 428 g/mol. The average molecular weight is 453 g/mol. The van der Waals surface area contributed by atoms with E-state index in [0.29, 0.717) is 28.1 Å². The largest absolute Gasteiger partial charge is 0.451 e. The Hall–Kier alpha value is -2.97. The zero-order valence-corrected chi connectivity index (χ0v) is 18.4. The van der Waals surface area contributed by atoms with Gasteiger partial charge in [-0.2, -0.15) is 0 Å². The van der Waals surface area contributed by atoms with Crippen LogP contribution < -0.4 is 16.1 Å². The summed E-state index contributed by atoms with van der Waals surface area (Å²) in [6, 6.07) is 8.00. The van der Waals surface area contributed by atoms with Crippen LogP contribution in [-0.4, -0.2) is 31.1 Å². The number of nitrogens with one attached hydrogen (secondary N) is 2. The van der Waals surface area contributed by atoms with Crippen molar-refractivity contribution in [3.63, 3.8) is 0 Å². The topological polar surface area (TPSA) is 97.6 Å². The Kier molecular flexibility index (Phi) is 5.80. The van der Waals surface area contributed by atoms with Gasteiger partial charge in [-0.1, -0.05) is 12.1 Å². The van der Waals surface area contributed by atoms with Crippen molar-refractivity contribution in [2.45, 2.75) is 44.6 Å². The minimum atomic E-state index is -0.542. The zero-order valence-electron chi connectivity index (χ0n) is 17.6. The predicted octanol–water partition coefficient (Wildman–Crippen LogP) is 3.89. The monoisotopic (exact) mass is 452 g/mol. The Morgan fingerprint density at radius 1 is 1.09 bits per heavy atom. The molecule has 3 heterocycles. The molecule has 0 saturated carbocycles. The molecule has 0 spiro atoms. The lowest BCUT2D eigenvalue weighted by Gasteiger charge is -2.15. The molecule has 1 saturated heterocycles. The number of carbonyl (C=O) groups excluding carboxylic acids is 2. The molecule has 1 aliphatic heterocycles. The van der Waals surface area contributed by atoms with Crippen LogP contribution in [0.1, 0.15) is 57.0 Å². The van der Waals surface area contributed by atoms with E-state index in [9.17, 15) is 14.4 Å². The van der Waals surface area contributed by atoms with Crippen LogP contribution in [-0.2, 0) is 17.6 Å². The molecule has 0 radical (unpaired) electrons. The van der Waals surface area contributed by atoms with E-state index in [2.05, 4.69) is 10.6 Å². The number of hydrogen-bond donors (Lipinski definition) is 2. The van der Waals surface area contributed by atoms with Crippen molar-refractivity contribution in [3.05, 3.63) is 62.3 Å². The lowest BCUT2D eigenvalue weighted by Crippen LogP contribution is -2.32. The fourth-order valence-corrected chi connectivity index (χ4v) is 5.66. The lowest BCUT2D eigenvalue weighted by molar-refractivity contribution is 0.0858. The summed E-state index contributed by atoms with van der Waals surface area (Å²) in [4.78, 5) is 39.6. The lowest BCUT2D eigenvalue weighted by atomic mass is 9.95. The molecule has 7 nitrogen and oxygen atoms in total. The van der Waals surface area contributed by atoms with Gasteiger partial charge in [-0.05, 0) is 56.2 Å². The van der Waals surface area contributed by atoms with Crippen LogP contribution in [0.25, 0.3) is 11.0 Å². The molecule has 2 aromatic heterocycles. The van der Waals surface area contributed by atoms with E-state index in [1.54, 1.807) is 24.3 Å². The Bertz CT molecular complexity index is 1240. The van der Waals surface area contributed by atoms with Gasteiger partial charge < -0.3 is 19.8 Å². The molecule has 2 amide bonds. The summed E-state index contributed by atoms with van der Waals surface area (Å²) in [5.41, 5.74) is 1.61. The molecule has 3 aromatic rings. The van der Waals surface area contributed by atoms with Crippen molar-refractivity contribution >= 4 is 39.1 Å². The van der Waals surface area contributed by atoms with Gasteiger partial charge in [-0.3, -0.25) is 14.4 Å². The summed E-state index contributed by atoms with van der Waals surface area (Å²) < 4.78 is 11.3. The third kappa shape index (κ3) is 4.08. The van der Waals surface area contributed by atoms with Crippen molar-refractivity contribution in [3.8, 4) is 0 Å². The predicted molar refractivity (Wildman–Crippen MR) is 123 cm³/mol. The first kappa shape index (κ1) is 20.9. The van der Waals surface area contributed by atoms with Crippen molar-refractivity contribution < 1.29 is 18.7 Å². The maximum atomic E-state index is 13.1. The maximum absolute atomic E-state index is 13.1. The first-order valence-electron chi connectivity index (χ1n) is 11.0. The summed E-state index contributed by atoms with van der Waals surface area (Å²) in [5, 5.41) is 6.75. The van der Waals surface area contributed by atoms with Gasteiger partial charge in [0.05, 0.1) is 17.1 Å². The van der Waals surface area contributed by atoms with Gasteiger partial charge in [0.25, 0.3) is 11.8 Å². The van der Waals surface area contributed by atoms with Crippen LogP contribution in [0.5, 0.6) is 0 Å². The number of anilines is 1. The van der Waals surface area contributed by atoms with Crippen molar-refractivity contribution in [1.29, 1.82) is 0 Å². The molecule has 1 fully saturated rings. The number of para-hydroxylation sites is 1. The number of amides is 2. The quantitative estimate of drug-likeness (QED) is 0.612. The second kappa shape index (κ2) is 8.88. The number of rotatable bonds is 5. The highest BCUT2D eigenvalue weighted by Gasteiger charge is 2.28. The van der Waals surface area contributed by atoms with E-state index in [-0.39, 0.29) is 23.2 Å². The third-order valence-electron chi connectivity index (χ3n) is 6.00. The minimum absolute atomic E-state index is 0.0401. The third-order valence-corrected chi connectivity index (χ3v) is 7.21. The van der Waals surface area contributed by atoms with E-state index in [1.165, 1.54) is 17.4 Å². The van der Waals surface area contributed by atoms with Crippen LogP contribution in [0, 0.1) is 0 Å².